The molecule has 6 heteroatoms. The van der Waals surface area contributed by atoms with Crippen LogP contribution in [0, 0.1) is 0 Å². The third-order valence-electron chi connectivity index (χ3n) is 3.75. The molecule has 1 aliphatic rings. The SMILES string of the molecule is O=C1c2ccccc2C(=O)N1c1cc(Cl)ccc1-n1ccnc1. The molecule has 0 bridgehead atoms. The summed E-state index contributed by atoms with van der Waals surface area (Å²) in [6.07, 6.45) is 4.97. The van der Waals surface area contributed by atoms with Crippen molar-refractivity contribution < 1.29 is 9.59 Å². The number of carbonyl (C=O) groups is 2. The fourth-order valence-electron chi connectivity index (χ4n) is 2.70. The first-order valence-corrected chi connectivity index (χ1v) is 7.30. The highest BCUT2D eigenvalue weighted by Crippen LogP contribution is 2.34. The Hall–Kier alpha value is -2.92. The van der Waals surface area contributed by atoms with Gasteiger partial charge < -0.3 is 4.57 Å². The van der Waals surface area contributed by atoms with Crippen LogP contribution in [-0.4, -0.2) is 21.4 Å². The number of halogens is 1. The van der Waals surface area contributed by atoms with Gasteiger partial charge in [0, 0.05) is 17.4 Å². The standard InChI is InChI=1S/C17H10ClN3O2/c18-11-5-6-14(20-8-7-19-10-20)15(9-11)21-16(22)12-3-1-2-4-13(12)17(21)23/h1-10H. The summed E-state index contributed by atoms with van der Waals surface area (Å²) in [7, 11) is 0. The lowest BCUT2D eigenvalue weighted by atomic mass is 10.1. The number of aromatic nitrogens is 2. The smallest absolute Gasteiger partial charge is 0.266 e. The highest BCUT2D eigenvalue weighted by Gasteiger charge is 2.37. The quantitative estimate of drug-likeness (QED) is 0.680. The summed E-state index contributed by atoms with van der Waals surface area (Å²) in [5, 5.41) is 0.445. The van der Waals surface area contributed by atoms with Crippen molar-refractivity contribution >= 4 is 29.1 Å². The van der Waals surface area contributed by atoms with Gasteiger partial charge in [-0.15, -0.1) is 0 Å². The topological polar surface area (TPSA) is 55.2 Å². The van der Waals surface area contributed by atoms with Crippen molar-refractivity contribution in [1.29, 1.82) is 0 Å². The van der Waals surface area contributed by atoms with Gasteiger partial charge in [-0.25, -0.2) is 9.88 Å². The second-order valence-corrected chi connectivity index (χ2v) is 5.53. The maximum absolute atomic E-state index is 12.7. The van der Waals surface area contributed by atoms with Crippen LogP contribution in [0.15, 0.2) is 61.2 Å². The Morgan fingerprint density at radius 3 is 2.22 bits per heavy atom. The molecule has 112 valence electrons. The van der Waals surface area contributed by atoms with Crippen molar-refractivity contribution in [2.24, 2.45) is 0 Å². The van der Waals surface area contributed by atoms with Gasteiger partial charge in [0.15, 0.2) is 0 Å². The average molecular weight is 324 g/mol. The van der Waals surface area contributed by atoms with Crippen LogP contribution in [0.1, 0.15) is 20.7 Å². The highest BCUT2D eigenvalue weighted by atomic mass is 35.5. The van der Waals surface area contributed by atoms with Gasteiger partial charge in [0.1, 0.15) is 0 Å². The Bertz CT molecular complexity index is 900. The predicted octanol–water partition coefficient (Wildman–Crippen LogP) is 3.33. The zero-order valence-electron chi connectivity index (χ0n) is 11.8. The number of carbonyl (C=O) groups excluding carboxylic acids is 2. The molecule has 2 aromatic carbocycles. The van der Waals surface area contributed by atoms with E-state index in [-0.39, 0.29) is 11.8 Å². The molecule has 0 atom stereocenters. The van der Waals surface area contributed by atoms with E-state index in [9.17, 15) is 9.59 Å². The molecule has 0 radical (unpaired) electrons. The summed E-state index contributed by atoms with van der Waals surface area (Å²) in [6.45, 7) is 0. The fourth-order valence-corrected chi connectivity index (χ4v) is 2.87. The Labute approximate surface area is 136 Å². The van der Waals surface area contributed by atoms with Gasteiger partial charge in [0.05, 0.1) is 28.8 Å². The van der Waals surface area contributed by atoms with E-state index in [1.807, 2.05) is 0 Å². The van der Waals surface area contributed by atoms with Crippen molar-refractivity contribution in [2.75, 3.05) is 4.90 Å². The van der Waals surface area contributed by atoms with Gasteiger partial charge in [0.25, 0.3) is 11.8 Å². The van der Waals surface area contributed by atoms with Crippen LogP contribution in [0.25, 0.3) is 5.69 Å². The van der Waals surface area contributed by atoms with Crippen molar-refractivity contribution in [3.8, 4) is 5.69 Å². The molecule has 0 saturated carbocycles. The molecule has 4 rings (SSSR count). The number of hydrogen-bond donors (Lipinski definition) is 0. The molecular weight excluding hydrogens is 314 g/mol. The molecule has 0 aliphatic carbocycles. The number of anilines is 1. The van der Waals surface area contributed by atoms with Crippen molar-refractivity contribution in [3.63, 3.8) is 0 Å². The Morgan fingerprint density at radius 1 is 0.913 bits per heavy atom. The van der Waals surface area contributed by atoms with Crippen molar-refractivity contribution in [3.05, 3.63) is 77.3 Å². The van der Waals surface area contributed by atoms with Gasteiger partial charge in [0.2, 0.25) is 0 Å². The van der Waals surface area contributed by atoms with E-state index < -0.39 is 0 Å². The molecule has 0 fully saturated rings. The molecule has 0 spiro atoms. The van der Waals surface area contributed by atoms with Crippen LogP contribution >= 0.6 is 11.6 Å². The summed E-state index contributed by atoms with van der Waals surface area (Å²) < 4.78 is 1.73. The summed E-state index contributed by atoms with van der Waals surface area (Å²) in [6, 6.07) is 11.8. The van der Waals surface area contributed by atoms with E-state index in [1.165, 1.54) is 0 Å². The third-order valence-corrected chi connectivity index (χ3v) is 3.99. The first-order valence-electron chi connectivity index (χ1n) is 6.92. The molecule has 1 aliphatic heterocycles. The summed E-state index contributed by atoms with van der Waals surface area (Å²) in [5.74, 6) is -0.705. The predicted molar refractivity (Wildman–Crippen MR) is 86.2 cm³/mol. The molecule has 0 unspecified atom stereocenters. The van der Waals surface area contributed by atoms with E-state index in [4.69, 9.17) is 11.6 Å². The number of amides is 2. The number of nitrogens with zero attached hydrogens (tertiary/aromatic N) is 3. The molecule has 2 heterocycles. The molecule has 3 aromatic rings. The Morgan fingerprint density at radius 2 is 1.61 bits per heavy atom. The maximum Gasteiger partial charge on any atom is 0.266 e. The number of fused-ring (bicyclic) bond motifs is 1. The molecular formula is C17H10ClN3O2. The fraction of sp³-hybridized carbons (Fsp3) is 0. The molecule has 0 N–H and O–H groups in total. The van der Waals surface area contributed by atoms with E-state index in [2.05, 4.69) is 4.98 Å². The molecule has 23 heavy (non-hydrogen) atoms. The van der Waals surface area contributed by atoms with Crippen LogP contribution in [0.3, 0.4) is 0 Å². The zero-order valence-corrected chi connectivity index (χ0v) is 12.6. The lowest BCUT2D eigenvalue weighted by Crippen LogP contribution is -2.30. The molecule has 0 saturated heterocycles. The molecule has 5 nitrogen and oxygen atoms in total. The van der Waals surface area contributed by atoms with Gasteiger partial charge in [-0.3, -0.25) is 9.59 Å². The highest BCUT2D eigenvalue weighted by molar-refractivity contribution is 6.36. The van der Waals surface area contributed by atoms with Crippen molar-refractivity contribution in [2.45, 2.75) is 0 Å². The van der Waals surface area contributed by atoms with Crippen LogP contribution < -0.4 is 4.90 Å². The minimum absolute atomic E-state index is 0.353. The molecule has 2 amide bonds. The Balaban J connectivity index is 1.91. The van der Waals surface area contributed by atoms with Gasteiger partial charge in [-0.1, -0.05) is 23.7 Å². The zero-order chi connectivity index (χ0) is 16.0. The number of imidazole rings is 1. The normalized spacial score (nSPS) is 13.5. The van der Waals surface area contributed by atoms with E-state index >= 15 is 0 Å². The largest absolute Gasteiger partial charge is 0.304 e. The molecule has 1 aromatic heterocycles. The van der Waals surface area contributed by atoms with Crippen LogP contribution in [0.4, 0.5) is 5.69 Å². The average Bonchev–Trinajstić information content (AvgIpc) is 3.16. The first-order chi connectivity index (χ1) is 11.2. The van der Waals surface area contributed by atoms with E-state index in [0.29, 0.717) is 27.5 Å². The van der Waals surface area contributed by atoms with Gasteiger partial charge >= 0.3 is 0 Å². The van der Waals surface area contributed by atoms with E-state index in [1.54, 1.807) is 65.8 Å². The second kappa shape index (κ2) is 5.07. The number of imide groups is 1. The summed E-state index contributed by atoms with van der Waals surface area (Å²) in [4.78, 5) is 30.5. The summed E-state index contributed by atoms with van der Waals surface area (Å²) >= 11 is 6.09. The number of hydrogen-bond acceptors (Lipinski definition) is 3. The van der Waals surface area contributed by atoms with Gasteiger partial charge in [-0.05, 0) is 30.3 Å². The first kappa shape index (κ1) is 13.7. The lowest BCUT2D eigenvalue weighted by Gasteiger charge is -2.18. The van der Waals surface area contributed by atoms with Gasteiger partial charge in [-0.2, -0.15) is 0 Å². The second-order valence-electron chi connectivity index (χ2n) is 5.09. The van der Waals surface area contributed by atoms with Crippen molar-refractivity contribution in [1.82, 2.24) is 9.55 Å². The number of benzene rings is 2. The van der Waals surface area contributed by atoms with E-state index in [0.717, 1.165) is 4.90 Å². The monoisotopic (exact) mass is 323 g/mol. The lowest BCUT2D eigenvalue weighted by molar-refractivity contribution is 0.0926. The Kier molecular flexibility index (Phi) is 3.02. The number of rotatable bonds is 2. The van der Waals surface area contributed by atoms with Crippen LogP contribution in [0.5, 0.6) is 0 Å². The van der Waals surface area contributed by atoms with Crippen LogP contribution in [0.2, 0.25) is 5.02 Å². The minimum Gasteiger partial charge on any atom is -0.304 e. The third kappa shape index (κ3) is 2.05. The minimum atomic E-state index is -0.353. The summed E-state index contributed by atoms with van der Waals surface area (Å²) in [5.41, 5.74) is 1.88. The maximum atomic E-state index is 12.7. The van der Waals surface area contributed by atoms with Crippen LogP contribution in [-0.2, 0) is 0 Å².